The van der Waals surface area contributed by atoms with Gasteiger partial charge in [0, 0.05) is 43.6 Å². The zero-order chi connectivity index (χ0) is 15.9. The first-order valence-electron chi connectivity index (χ1n) is 8.01. The molecule has 1 fully saturated rings. The minimum absolute atomic E-state index is 0.616. The summed E-state index contributed by atoms with van der Waals surface area (Å²) in [5.41, 5.74) is 1.92. The Morgan fingerprint density at radius 2 is 1.91 bits per heavy atom. The summed E-state index contributed by atoms with van der Waals surface area (Å²) in [5.74, 6) is 1.47. The number of ether oxygens (including phenoxy) is 1. The molecule has 122 valence electrons. The van der Waals surface area contributed by atoms with Crippen LogP contribution in [-0.2, 0) is 4.74 Å². The maximum absolute atomic E-state index is 5.36. The van der Waals surface area contributed by atoms with Gasteiger partial charge in [0.1, 0.15) is 5.82 Å². The van der Waals surface area contributed by atoms with Gasteiger partial charge in [-0.3, -0.25) is 4.90 Å². The fraction of sp³-hybridized carbons (Fsp3) is 0.412. The summed E-state index contributed by atoms with van der Waals surface area (Å²) in [6, 6.07) is 11.9. The van der Waals surface area contributed by atoms with E-state index >= 15 is 0 Å². The summed E-state index contributed by atoms with van der Waals surface area (Å²) < 4.78 is 5.36. The summed E-state index contributed by atoms with van der Waals surface area (Å²) in [6.45, 7) is 7.51. The molecule has 2 N–H and O–H groups in total. The van der Waals surface area contributed by atoms with E-state index in [9.17, 15) is 0 Å². The van der Waals surface area contributed by atoms with E-state index in [0.29, 0.717) is 5.95 Å². The number of nitrogens with zero attached hydrogens (tertiary/aromatic N) is 3. The molecule has 0 bridgehead atoms. The average Bonchev–Trinajstić information content (AvgIpc) is 2.56. The molecule has 6 nitrogen and oxygen atoms in total. The molecule has 1 saturated heterocycles. The number of hydrogen-bond donors (Lipinski definition) is 2. The number of hydrogen-bond acceptors (Lipinski definition) is 6. The summed E-state index contributed by atoms with van der Waals surface area (Å²) in [4.78, 5) is 11.4. The van der Waals surface area contributed by atoms with E-state index in [2.05, 4.69) is 25.5 Å². The molecule has 6 heteroatoms. The van der Waals surface area contributed by atoms with Crippen LogP contribution < -0.4 is 10.6 Å². The van der Waals surface area contributed by atoms with Gasteiger partial charge in [-0.15, -0.1) is 0 Å². The van der Waals surface area contributed by atoms with Crippen LogP contribution in [0.5, 0.6) is 0 Å². The van der Waals surface area contributed by atoms with Crippen LogP contribution in [0.15, 0.2) is 36.4 Å². The Morgan fingerprint density at radius 3 is 2.70 bits per heavy atom. The number of nitrogens with one attached hydrogen (secondary N) is 2. The van der Waals surface area contributed by atoms with Gasteiger partial charge in [-0.1, -0.05) is 18.2 Å². The molecule has 1 aromatic carbocycles. The Hall–Kier alpha value is -2.18. The molecule has 0 unspecified atom stereocenters. The van der Waals surface area contributed by atoms with E-state index in [1.807, 2.05) is 43.3 Å². The number of aromatic nitrogens is 2. The highest BCUT2D eigenvalue weighted by atomic mass is 16.5. The highest BCUT2D eigenvalue weighted by Gasteiger charge is 2.09. The van der Waals surface area contributed by atoms with E-state index in [4.69, 9.17) is 4.74 Å². The first kappa shape index (κ1) is 15.7. The smallest absolute Gasteiger partial charge is 0.229 e. The molecule has 1 aliphatic rings. The minimum Gasteiger partial charge on any atom is -0.379 e. The van der Waals surface area contributed by atoms with Crippen LogP contribution >= 0.6 is 0 Å². The second kappa shape index (κ2) is 7.89. The molecule has 0 radical (unpaired) electrons. The molecule has 0 atom stereocenters. The van der Waals surface area contributed by atoms with E-state index in [-0.39, 0.29) is 0 Å². The van der Waals surface area contributed by atoms with Crippen molar-refractivity contribution in [3.63, 3.8) is 0 Å². The van der Waals surface area contributed by atoms with Gasteiger partial charge in [-0.2, -0.15) is 4.98 Å². The van der Waals surface area contributed by atoms with Crippen molar-refractivity contribution in [1.82, 2.24) is 14.9 Å². The lowest BCUT2D eigenvalue weighted by atomic mass is 10.3. The fourth-order valence-electron chi connectivity index (χ4n) is 2.53. The number of rotatable bonds is 6. The number of aryl methyl sites for hydroxylation is 1. The largest absolute Gasteiger partial charge is 0.379 e. The van der Waals surface area contributed by atoms with Crippen LogP contribution in [0, 0.1) is 6.92 Å². The zero-order valence-electron chi connectivity index (χ0n) is 13.5. The highest BCUT2D eigenvalue weighted by Crippen LogP contribution is 2.15. The Kier molecular flexibility index (Phi) is 5.39. The lowest BCUT2D eigenvalue weighted by molar-refractivity contribution is 0.0398. The highest BCUT2D eigenvalue weighted by molar-refractivity contribution is 5.54. The predicted molar refractivity (Wildman–Crippen MR) is 92.2 cm³/mol. The van der Waals surface area contributed by atoms with Crippen molar-refractivity contribution in [3.8, 4) is 0 Å². The van der Waals surface area contributed by atoms with Gasteiger partial charge in [-0.25, -0.2) is 4.98 Å². The molecule has 1 aromatic heterocycles. The van der Waals surface area contributed by atoms with Gasteiger partial charge in [0.05, 0.1) is 13.2 Å². The lowest BCUT2D eigenvalue weighted by Gasteiger charge is -2.26. The van der Waals surface area contributed by atoms with Crippen LogP contribution in [0.25, 0.3) is 0 Å². The van der Waals surface area contributed by atoms with Crippen molar-refractivity contribution in [3.05, 3.63) is 42.1 Å². The Balaban J connectivity index is 1.56. The van der Waals surface area contributed by atoms with Gasteiger partial charge in [0.25, 0.3) is 0 Å². The van der Waals surface area contributed by atoms with Gasteiger partial charge < -0.3 is 15.4 Å². The normalized spacial score (nSPS) is 15.3. The number of para-hydroxylation sites is 1. The fourth-order valence-corrected chi connectivity index (χ4v) is 2.53. The number of benzene rings is 1. The van der Waals surface area contributed by atoms with E-state index in [1.54, 1.807) is 0 Å². The van der Waals surface area contributed by atoms with Crippen molar-refractivity contribution < 1.29 is 4.74 Å². The van der Waals surface area contributed by atoms with Gasteiger partial charge >= 0.3 is 0 Å². The Bertz CT molecular complexity index is 614. The van der Waals surface area contributed by atoms with Crippen LogP contribution in [-0.4, -0.2) is 54.3 Å². The van der Waals surface area contributed by atoms with Crippen molar-refractivity contribution in [2.45, 2.75) is 6.92 Å². The number of anilines is 3. The molecular formula is C17H23N5O. The van der Waals surface area contributed by atoms with Crippen LogP contribution in [0.4, 0.5) is 17.5 Å². The maximum atomic E-state index is 5.36. The molecular weight excluding hydrogens is 290 g/mol. The SMILES string of the molecule is Cc1cc(NCCN2CCOCC2)nc(Nc2ccccc2)n1. The van der Waals surface area contributed by atoms with Crippen molar-refractivity contribution in [2.24, 2.45) is 0 Å². The summed E-state index contributed by atoms with van der Waals surface area (Å²) in [6.07, 6.45) is 0. The first-order valence-corrected chi connectivity index (χ1v) is 8.01. The molecule has 0 amide bonds. The molecule has 0 aliphatic carbocycles. The quantitative estimate of drug-likeness (QED) is 0.853. The van der Waals surface area contributed by atoms with Crippen molar-refractivity contribution >= 4 is 17.5 Å². The minimum atomic E-state index is 0.616. The van der Waals surface area contributed by atoms with Gasteiger partial charge in [0.15, 0.2) is 0 Å². The Labute approximate surface area is 136 Å². The average molecular weight is 313 g/mol. The number of morpholine rings is 1. The third-order valence-corrected chi connectivity index (χ3v) is 3.72. The van der Waals surface area contributed by atoms with Crippen molar-refractivity contribution in [2.75, 3.05) is 50.0 Å². The van der Waals surface area contributed by atoms with E-state index < -0.39 is 0 Å². The standard InChI is InChI=1S/C17H23N5O/c1-14-13-16(18-7-8-22-9-11-23-12-10-22)21-17(19-14)20-15-5-3-2-4-6-15/h2-6,13H,7-12H2,1H3,(H2,18,19,20,21). The van der Waals surface area contributed by atoms with Gasteiger partial charge in [-0.05, 0) is 19.1 Å². The zero-order valence-corrected chi connectivity index (χ0v) is 13.5. The first-order chi connectivity index (χ1) is 11.3. The molecule has 3 rings (SSSR count). The lowest BCUT2D eigenvalue weighted by Crippen LogP contribution is -2.39. The maximum Gasteiger partial charge on any atom is 0.229 e. The third kappa shape index (κ3) is 4.91. The molecule has 1 aliphatic heterocycles. The molecule has 23 heavy (non-hydrogen) atoms. The topological polar surface area (TPSA) is 62.3 Å². The summed E-state index contributed by atoms with van der Waals surface area (Å²) >= 11 is 0. The van der Waals surface area contributed by atoms with Crippen LogP contribution in [0.2, 0.25) is 0 Å². The van der Waals surface area contributed by atoms with Crippen LogP contribution in [0.3, 0.4) is 0 Å². The monoisotopic (exact) mass is 313 g/mol. The molecule has 2 aromatic rings. The summed E-state index contributed by atoms with van der Waals surface area (Å²) in [7, 11) is 0. The Morgan fingerprint density at radius 1 is 1.13 bits per heavy atom. The van der Waals surface area contributed by atoms with Crippen LogP contribution in [0.1, 0.15) is 5.69 Å². The second-order valence-corrected chi connectivity index (χ2v) is 5.59. The third-order valence-electron chi connectivity index (χ3n) is 3.72. The molecule has 0 spiro atoms. The molecule has 0 saturated carbocycles. The van der Waals surface area contributed by atoms with E-state index in [0.717, 1.165) is 56.6 Å². The predicted octanol–water partition coefficient (Wildman–Crippen LogP) is 2.27. The molecule has 2 heterocycles. The van der Waals surface area contributed by atoms with E-state index in [1.165, 1.54) is 0 Å². The van der Waals surface area contributed by atoms with Gasteiger partial charge in [0.2, 0.25) is 5.95 Å². The summed E-state index contributed by atoms with van der Waals surface area (Å²) in [5, 5.41) is 6.62. The second-order valence-electron chi connectivity index (χ2n) is 5.59. The van der Waals surface area contributed by atoms with Crippen molar-refractivity contribution in [1.29, 1.82) is 0 Å².